The first-order chi connectivity index (χ1) is 11.3. The van der Waals surface area contributed by atoms with E-state index in [2.05, 4.69) is 50.4 Å². The van der Waals surface area contributed by atoms with E-state index < -0.39 is 5.91 Å². The van der Waals surface area contributed by atoms with Crippen LogP contribution in [-0.2, 0) is 16.6 Å². The third kappa shape index (κ3) is 4.95. The molecule has 0 heterocycles. The van der Waals surface area contributed by atoms with E-state index in [1.807, 2.05) is 0 Å². The van der Waals surface area contributed by atoms with Crippen molar-refractivity contribution in [3.05, 3.63) is 65.2 Å². The number of carbonyl (C=O) groups excluding carboxylic acids is 2. The number of nitrogens with one attached hydrogen (secondary N) is 1. The number of nitrogens with two attached hydrogens (primary N) is 1. The van der Waals surface area contributed by atoms with Crippen molar-refractivity contribution in [3.8, 4) is 0 Å². The Morgan fingerprint density at radius 1 is 1.04 bits per heavy atom. The molecule has 24 heavy (non-hydrogen) atoms. The minimum atomic E-state index is -0.509. The van der Waals surface area contributed by atoms with E-state index in [1.54, 1.807) is 24.3 Å². The SMILES string of the molecule is CC(C)(C)c1ccc(CCC(=O)Nc2cccc(C(N)=O)c2)cc1. The first-order valence-electron chi connectivity index (χ1n) is 8.05. The third-order valence-electron chi connectivity index (χ3n) is 3.89. The molecule has 0 radical (unpaired) electrons. The van der Waals surface area contributed by atoms with Gasteiger partial charge in [-0.05, 0) is 41.2 Å². The maximum atomic E-state index is 12.1. The van der Waals surface area contributed by atoms with Gasteiger partial charge in [-0.25, -0.2) is 0 Å². The van der Waals surface area contributed by atoms with Crippen LogP contribution in [0.4, 0.5) is 5.69 Å². The zero-order valence-electron chi connectivity index (χ0n) is 14.4. The molecule has 0 aliphatic carbocycles. The Morgan fingerprint density at radius 2 is 1.71 bits per heavy atom. The lowest BCUT2D eigenvalue weighted by Gasteiger charge is -2.19. The van der Waals surface area contributed by atoms with E-state index in [1.165, 1.54) is 5.56 Å². The van der Waals surface area contributed by atoms with Crippen LogP contribution in [0.2, 0.25) is 0 Å². The average Bonchev–Trinajstić information content (AvgIpc) is 2.53. The zero-order valence-corrected chi connectivity index (χ0v) is 14.4. The summed E-state index contributed by atoms with van der Waals surface area (Å²) in [5.74, 6) is -0.596. The summed E-state index contributed by atoms with van der Waals surface area (Å²) in [5, 5.41) is 2.80. The number of anilines is 1. The summed E-state index contributed by atoms with van der Waals surface area (Å²) in [5.41, 5.74) is 8.73. The number of carbonyl (C=O) groups is 2. The van der Waals surface area contributed by atoms with Gasteiger partial charge in [0, 0.05) is 17.7 Å². The standard InChI is InChI=1S/C20H24N2O2/c1-20(2,3)16-10-7-14(8-11-16)9-12-18(23)22-17-6-4-5-15(13-17)19(21)24/h4-8,10-11,13H,9,12H2,1-3H3,(H2,21,24)(H,22,23). The number of amides is 2. The highest BCUT2D eigenvalue weighted by Gasteiger charge is 2.13. The van der Waals surface area contributed by atoms with Gasteiger partial charge >= 0.3 is 0 Å². The van der Waals surface area contributed by atoms with Crippen molar-refractivity contribution in [1.29, 1.82) is 0 Å². The van der Waals surface area contributed by atoms with Gasteiger partial charge in [-0.3, -0.25) is 9.59 Å². The van der Waals surface area contributed by atoms with E-state index >= 15 is 0 Å². The van der Waals surface area contributed by atoms with Gasteiger partial charge in [-0.2, -0.15) is 0 Å². The molecule has 0 bridgehead atoms. The third-order valence-corrected chi connectivity index (χ3v) is 3.89. The summed E-state index contributed by atoms with van der Waals surface area (Å²) < 4.78 is 0. The summed E-state index contributed by atoms with van der Waals surface area (Å²) in [6, 6.07) is 15.0. The summed E-state index contributed by atoms with van der Waals surface area (Å²) >= 11 is 0. The second-order valence-corrected chi connectivity index (χ2v) is 6.94. The predicted molar refractivity (Wildman–Crippen MR) is 97.1 cm³/mol. The Kier molecular flexibility index (Phi) is 5.39. The molecule has 2 aromatic carbocycles. The zero-order chi connectivity index (χ0) is 17.7. The molecule has 2 amide bonds. The fourth-order valence-corrected chi connectivity index (χ4v) is 2.40. The first-order valence-corrected chi connectivity index (χ1v) is 8.05. The van der Waals surface area contributed by atoms with E-state index in [-0.39, 0.29) is 11.3 Å². The molecule has 0 saturated heterocycles. The summed E-state index contributed by atoms with van der Waals surface area (Å²) in [4.78, 5) is 23.2. The molecule has 4 heteroatoms. The summed E-state index contributed by atoms with van der Waals surface area (Å²) in [7, 11) is 0. The van der Waals surface area contributed by atoms with Gasteiger partial charge in [0.15, 0.2) is 0 Å². The fraction of sp³-hybridized carbons (Fsp3) is 0.300. The Morgan fingerprint density at radius 3 is 2.29 bits per heavy atom. The monoisotopic (exact) mass is 324 g/mol. The molecular formula is C20H24N2O2. The minimum Gasteiger partial charge on any atom is -0.366 e. The Balaban J connectivity index is 1.91. The molecular weight excluding hydrogens is 300 g/mol. The van der Waals surface area contributed by atoms with Gasteiger partial charge < -0.3 is 11.1 Å². The molecule has 4 nitrogen and oxygen atoms in total. The number of benzene rings is 2. The molecule has 0 aromatic heterocycles. The van der Waals surface area contributed by atoms with Crippen LogP contribution in [0.1, 0.15) is 48.7 Å². The molecule has 2 rings (SSSR count). The van der Waals surface area contributed by atoms with Crippen molar-refractivity contribution >= 4 is 17.5 Å². The average molecular weight is 324 g/mol. The molecule has 0 spiro atoms. The molecule has 0 unspecified atom stereocenters. The number of hydrogen-bond acceptors (Lipinski definition) is 2. The van der Waals surface area contributed by atoms with Crippen LogP contribution in [0.25, 0.3) is 0 Å². The maximum Gasteiger partial charge on any atom is 0.248 e. The van der Waals surface area contributed by atoms with Crippen LogP contribution in [0.15, 0.2) is 48.5 Å². The van der Waals surface area contributed by atoms with Crippen molar-refractivity contribution in [2.24, 2.45) is 5.73 Å². The molecule has 2 aromatic rings. The Labute approximate surface area is 143 Å². The quantitative estimate of drug-likeness (QED) is 0.881. The molecule has 0 fully saturated rings. The minimum absolute atomic E-state index is 0.0866. The van der Waals surface area contributed by atoms with Crippen molar-refractivity contribution in [2.45, 2.75) is 39.0 Å². The molecule has 0 atom stereocenters. The number of aryl methyl sites for hydroxylation is 1. The number of rotatable bonds is 5. The van der Waals surface area contributed by atoms with E-state index in [0.717, 1.165) is 5.56 Å². The number of hydrogen-bond donors (Lipinski definition) is 2. The summed E-state index contributed by atoms with van der Waals surface area (Å²) in [6.07, 6.45) is 1.06. The van der Waals surface area contributed by atoms with Crippen LogP contribution >= 0.6 is 0 Å². The van der Waals surface area contributed by atoms with E-state index in [0.29, 0.717) is 24.1 Å². The van der Waals surface area contributed by atoms with Crippen molar-refractivity contribution in [2.75, 3.05) is 5.32 Å². The first kappa shape index (κ1) is 17.7. The highest BCUT2D eigenvalue weighted by atomic mass is 16.2. The predicted octanol–water partition coefficient (Wildman–Crippen LogP) is 3.65. The Bertz CT molecular complexity index is 728. The van der Waals surface area contributed by atoms with Crippen molar-refractivity contribution < 1.29 is 9.59 Å². The lowest BCUT2D eigenvalue weighted by Crippen LogP contribution is -2.15. The van der Waals surface area contributed by atoms with Gasteiger partial charge in [-0.1, -0.05) is 51.1 Å². The second kappa shape index (κ2) is 7.30. The largest absolute Gasteiger partial charge is 0.366 e. The smallest absolute Gasteiger partial charge is 0.248 e. The van der Waals surface area contributed by atoms with Gasteiger partial charge in [0.25, 0.3) is 0 Å². The van der Waals surface area contributed by atoms with Crippen LogP contribution in [0.5, 0.6) is 0 Å². The lowest BCUT2D eigenvalue weighted by atomic mass is 9.86. The van der Waals surface area contributed by atoms with Gasteiger partial charge in [0.1, 0.15) is 0 Å². The van der Waals surface area contributed by atoms with Crippen LogP contribution in [-0.4, -0.2) is 11.8 Å². The fourth-order valence-electron chi connectivity index (χ4n) is 2.40. The highest BCUT2D eigenvalue weighted by Crippen LogP contribution is 2.22. The number of primary amides is 1. The molecule has 3 N–H and O–H groups in total. The summed E-state index contributed by atoms with van der Waals surface area (Å²) in [6.45, 7) is 6.53. The van der Waals surface area contributed by atoms with Crippen molar-refractivity contribution in [1.82, 2.24) is 0 Å². The molecule has 0 aliphatic rings. The van der Waals surface area contributed by atoms with Crippen molar-refractivity contribution in [3.63, 3.8) is 0 Å². The van der Waals surface area contributed by atoms with Crippen LogP contribution in [0.3, 0.4) is 0 Å². The molecule has 0 aliphatic heterocycles. The van der Waals surface area contributed by atoms with Gasteiger partial charge in [0.05, 0.1) is 0 Å². The normalized spacial score (nSPS) is 11.1. The molecule has 0 saturated carbocycles. The van der Waals surface area contributed by atoms with Crippen LogP contribution in [0, 0.1) is 0 Å². The topological polar surface area (TPSA) is 72.2 Å². The second-order valence-electron chi connectivity index (χ2n) is 6.94. The maximum absolute atomic E-state index is 12.1. The Hall–Kier alpha value is -2.62. The van der Waals surface area contributed by atoms with Crippen LogP contribution < -0.4 is 11.1 Å². The van der Waals surface area contributed by atoms with Gasteiger partial charge in [0.2, 0.25) is 11.8 Å². The van der Waals surface area contributed by atoms with Gasteiger partial charge in [-0.15, -0.1) is 0 Å². The molecule has 126 valence electrons. The van der Waals surface area contributed by atoms with E-state index in [4.69, 9.17) is 5.73 Å². The van der Waals surface area contributed by atoms with E-state index in [9.17, 15) is 9.59 Å². The highest BCUT2D eigenvalue weighted by molar-refractivity contribution is 5.96. The lowest BCUT2D eigenvalue weighted by molar-refractivity contribution is -0.116.